The van der Waals surface area contributed by atoms with Crippen molar-refractivity contribution < 1.29 is 71.2 Å². The van der Waals surface area contributed by atoms with Gasteiger partial charge in [0.1, 0.15) is 5.92 Å². The van der Waals surface area contributed by atoms with Crippen LogP contribution in [0.1, 0.15) is 7.85 Å². The Hall–Kier alpha value is 0.636. The second kappa shape index (κ2) is 4.61. The second-order valence-corrected chi connectivity index (χ2v) is 2.06. The number of hydrogen-bond donors (Lipinski definition) is 1. The van der Waals surface area contributed by atoms with E-state index in [1.54, 1.807) is 5.32 Å². The standard InChI is InChI=1S/C5H5F2NO2.K.H/c6-4(7)2-1-3(9)8-5(2)10;;/h2,4H,1H2,(H,8,9,10);;/q;+1;-1. The van der Waals surface area contributed by atoms with Crippen LogP contribution in [0.3, 0.4) is 0 Å². The van der Waals surface area contributed by atoms with Crippen molar-refractivity contribution in [3.8, 4) is 0 Å². The summed E-state index contributed by atoms with van der Waals surface area (Å²) in [6.07, 6.45) is -3.11. The van der Waals surface area contributed by atoms with E-state index in [2.05, 4.69) is 0 Å². The summed E-state index contributed by atoms with van der Waals surface area (Å²) in [5.41, 5.74) is 0. The third kappa shape index (κ3) is 2.87. The number of alkyl halides is 2. The summed E-state index contributed by atoms with van der Waals surface area (Å²) in [6, 6.07) is 0. The van der Waals surface area contributed by atoms with E-state index in [4.69, 9.17) is 0 Å². The van der Waals surface area contributed by atoms with Crippen LogP contribution in [0, 0.1) is 5.92 Å². The molecular weight excluding hydrogens is 183 g/mol. The van der Waals surface area contributed by atoms with Gasteiger partial charge < -0.3 is 1.43 Å². The van der Waals surface area contributed by atoms with Crippen LogP contribution in [0.2, 0.25) is 0 Å². The Morgan fingerprint density at radius 1 is 1.55 bits per heavy atom. The van der Waals surface area contributed by atoms with E-state index >= 15 is 0 Å². The molecule has 1 atom stereocenters. The van der Waals surface area contributed by atoms with E-state index in [1.807, 2.05) is 0 Å². The van der Waals surface area contributed by atoms with Crippen LogP contribution < -0.4 is 56.7 Å². The molecule has 58 valence electrons. The van der Waals surface area contributed by atoms with Crippen LogP contribution in [0.4, 0.5) is 8.78 Å². The summed E-state index contributed by atoms with van der Waals surface area (Å²) < 4.78 is 23.5. The van der Waals surface area contributed by atoms with E-state index < -0.39 is 24.2 Å². The quantitative estimate of drug-likeness (QED) is 0.354. The van der Waals surface area contributed by atoms with Gasteiger partial charge in [-0.15, -0.1) is 0 Å². The van der Waals surface area contributed by atoms with E-state index in [9.17, 15) is 18.4 Å². The molecule has 1 aliphatic heterocycles. The van der Waals surface area contributed by atoms with Crippen molar-refractivity contribution >= 4 is 11.8 Å². The predicted octanol–water partition coefficient (Wildman–Crippen LogP) is -2.97. The maximum Gasteiger partial charge on any atom is 1.00 e. The molecule has 1 N–H and O–H groups in total. The van der Waals surface area contributed by atoms with E-state index in [0.717, 1.165) is 0 Å². The first-order valence-electron chi connectivity index (χ1n) is 2.73. The molecule has 1 saturated heterocycles. The van der Waals surface area contributed by atoms with Gasteiger partial charge in [-0.3, -0.25) is 14.9 Å². The number of halogens is 2. The van der Waals surface area contributed by atoms with Crippen molar-refractivity contribution in [2.24, 2.45) is 5.92 Å². The first-order chi connectivity index (χ1) is 4.61. The Balaban J connectivity index is 0. The van der Waals surface area contributed by atoms with Gasteiger partial charge in [-0.1, -0.05) is 0 Å². The summed E-state index contributed by atoms with van der Waals surface area (Å²) in [4.78, 5) is 20.7. The average Bonchev–Trinajstić information content (AvgIpc) is 2.10. The smallest absolute Gasteiger partial charge is 1.00 e. The van der Waals surface area contributed by atoms with Crippen molar-refractivity contribution in [1.29, 1.82) is 0 Å². The first-order valence-corrected chi connectivity index (χ1v) is 2.73. The zero-order chi connectivity index (χ0) is 7.72. The molecule has 0 aromatic heterocycles. The van der Waals surface area contributed by atoms with Crippen molar-refractivity contribution in [1.82, 2.24) is 5.32 Å². The van der Waals surface area contributed by atoms with Gasteiger partial charge in [0.15, 0.2) is 0 Å². The molecule has 1 unspecified atom stereocenters. The van der Waals surface area contributed by atoms with Gasteiger partial charge in [0.05, 0.1) is 0 Å². The Bertz CT molecular complexity index is 190. The number of rotatable bonds is 1. The van der Waals surface area contributed by atoms with Crippen LogP contribution in [0.25, 0.3) is 0 Å². The molecule has 0 spiro atoms. The summed E-state index contributed by atoms with van der Waals surface area (Å²) in [5.74, 6) is -2.90. The minimum Gasteiger partial charge on any atom is -1.00 e. The van der Waals surface area contributed by atoms with Crippen LogP contribution in [0.5, 0.6) is 0 Å². The number of hydrogen-bond acceptors (Lipinski definition) is 2. The molecule has 3 nitrogen and oxygen atoms in total. The Morgan fingerprint density at radius 2 is 2.09 bits per heavy atom. The number of carbonyl (C=O) groups is 2. The minimum absolute atomic E-state index is 0. The summed E-state index contributed by atoms with van der Waals surface area (Å²) >= 11 is 0. The maximum atomic E-state index is 11.8. The van der Waals surface area contributed by atoms with Crippen LogP contribution >= 0.6 is 0 Å². The Labute approximate surface area is 106 Å². The van der Waals surface area contributed by atoms with Gasteiger partial charge in [-0.05, 0) is 0 Å². The zero-order valence-electron chi connectivity index (χ0n) is 6.93. The monoisotopic (exact) mass is 189 g/mol. The molecule has 0 radical (unpaired) electrons. The molecule has 6 heteroatoms. The second-order valence-electron chi connectivity index (χ2n) is 2.06. The molecule has 1 fully saturated rings. The summed E-state index contributed by atoms with van der Waals surface area (Å²) in [7, 11) is 0. The summed E-state index contributed by atoms with van der Waals surface area (Å²) in [5, 5.41) is 1.79. The minimum atomic E-state index is -2.73. The fourth-order valence-electron chi connectivity index (χ4n) is 0.777. The van der Waals surface area contributed by atoms with Gasteiger partial charge in [0, 0.05) is 6.42 Å². The van der Waals surface area contributed by atoms with Crippen molar-refractivity contribution in [3.05, 3.63) is 0 Å². The number of carbonyl (C=O) groups excluding carboxylic acids is 2. The molecule has 0 aromatic rings. The van der Waals surface area contributed by atoms with Gasteiger partial charge >= 0.3 is 51.4 Å². The Kier molecular flexibility index (Phi) is 4.88. The number of amides is 2. The third-order valence-corrected chi connectivity index (χ3v) is 1.31. The molecule has 0 aliphatic carbocycles. The first kappa shape index (κ1) is 11.6. The van der Waals surface area contributed by atoms with Crippen molar-refractivity contribution in [3.63, 3.8) is 0 Å². The predicted molar refractivity (Wildman–Crippen MR) is 28.4 cm³/mol. The molecule has 11 heavy (non-hydrogen) atoms. The van der Waals surface area contributed by atoms with E-state index in [0.29, 0.717) is 0 Å². The molecule has 1 aliphatic rings. The van der Waals surface area contributed by atoms with Gasteiger partial charge in [-0.25, -0.2) is 8.78 Å². The van der Waals surface area contributed by atoms with Crippen molar-refractivity contribution in [2.45, 2.75) is 12.8 Å². The largest absolute Gasteiger partial charge is 1.00 e. The van der Waals surface area contributed by atoms with E-state index in [-0.39, 0.29) is 59.2 Å². The molecule has 0 bridgehead atoms. The topological polar surface area (TPSA) is 46.2 Å². The fourth-order valence-corrected chi connectivity index (χ4v) is 0.777. The molecule has 1 heterocycles. The average molecular weight is 189 g/mol. The maximum absolute atomic E-state index is 11.8. The molecule has 2 amide bonds. The Morgan fingerprint density at radius 3 is 2.27 bits per heavy atom. The van der Waals surface area contributed by atoms with Crippen LogP contribution in [-0.4, -0.2) is 18.2 Å². The molecule has 1 rings (SSSR count). The van der Waals surface area contributed by atoms with Crippen LogP contribution in [-0.2, 0) is 9.59 Å². The van der Waals surface area contributed by atoms with Crippen molar-refractivity contribution in [2.75, 3.05) is 0 Å². The molecule has 0 saturated carbocycles. The van der Waals surface area contributed by atoms with E-state index in [1.165, 1.54) is 0 Å². The SMILES string of the molecule is O=C1CC(C(F)F)C(=O)N1.[H-].[K+]. The number of imide groups is 1. The number of nitrogens with one attached hydrogen (secondary N) is 1. The van der Waals surface area contributed by atoms with Crippen LogP contribution in [0.15, 0.2) is 0 Å². The van der Waals surface area contributed by atoms with Gasteiger partial charge in [0.2, 0.25) is 11.8 Å². The summed E-state index contributed by atoms with van der Waals surface area (Å²) in [6.45, 7) is 0. The van der Waals surface area contributed by atoms with Gasteiger partial charge in [-0.2, -0.15) is 0 Å². The fraction of sp³-hybridized carbons (Fsp3) is 0.600. The van der Waals surface area contributed by atoms with Gasteiger partial charge in [0.25, 0.3) is 6.43 Å². The zero-order valence-corrected chi connectivity index (χ0v) is 9.06. The molecule has 0 aromatic carbocycles. The third-order valence-electron chi connectivity index (χ3n) is 1.31. The molecular formula is C5H6F2KNO2. The normalized spacial score (nSPS) is 23.4.